The Morgan fingerprint density at radius 3 is 2.29 bits per heavy atom. The van der Waals surface area contributed by atoms with Crippen molar-refractivity contribution in [2.24, 2.45) is 0 Å². The lowest BCUT2D eigenvalue weighted by Gasteiger charge is -2.17. The van der Waals surface area contributed by atoms with Gasteiger partial charge in [0.15, 0.2) is 15.1 Å². The van der Waals surface area contributed by atoms with Gasteiger partial charge in [0.2, 0.25) is 5.91 Å². The van der Waals surface area contributed by atoms with Crippen molar-refractivity contribution >= 4 is 21.7 Å². The first-order chi connectivity index (χ1) is 13.4. The number of hydrogen-bond donors (Lipinski definition) is 0. The van der Waals surface area contributed by atoms with E-state index in [1.807, 2.05) is 30.3 Å². The van der Waals surface area contributed by atoms with Crippen LogP contribution in [0.4, 0.5) is 0 Å². The number of nitrogens with zero attached hydrogens (tertiary/aromatic N) is 1. The molecule has 28 heavy (non-hydrogen) atoms. The van der Waals surface area contributed by atoms with Gasteiger partial charge < -0.3 is 9.64 Å². The third-order valence-corrected chi connectivity index (χ3v) is 6.99. The molecule has 0 aromatic heterocycles. The van der Waals surface area contributed by atoms with Crippen LogP contribution >= 0.6 is 0 Å². The molecule has 0 bridgehead atoms. The van der Waals surface area contributed by atoms with Crippen molar-refractivity contribution in [2.75, 3.05) is 19.7 Å². The Bertz CT molecular complexity index is 928. The predicted octanol–water partition coefficient (Wildman–Crippen LogP) is 2.41. The number of esters is 1. The molecule has 2 aromatic carbocycles. The zero-order chi connectivity index (χ0) is 20.1. The van der Waals surface area contributed by atoms with Crippen LogP contribution in [0.25, 0.3) is 0 Å². The van der Waals surface area contributed by atoms with Crippen LogP contribution in [0.5, 0.6) is 0 Å². The molecule has 3 rings (SSSR count). The fourth-order valence-corrected chi connectivity index (χ4v) is 5.44. The molecule has 0 aliphatic carbocycles. The van der Waals surface area contributed by atoms with Crippen LogP contribution in [0, 0.1) is 0 Å². The first kappa shape index (κ1) is 20.1. The molecule has 0 radical (unpaired) electrons. The highest BCUT2D eigenvalue weighted by atomic mass is 32.2. The van der Waals surface area contributed by atoms with Gasteiger partial charge in [0.25, 0.3) is 0 Å². The standard InChI is InChI=1S/C21H23NO5S/c1-2-27-19(23)13-14-22-15-18(16-9-5-3-6-10-16)20(21(22)24)28(25,26)17-11-7-4-8-12-17/h3-12,18,20H,2,13-15H2,1H3/t18-,20-/m0/s1. The van der Waals surface area contributed by atoms with Crippen molar-refractivity contribution in [3.8, 4) is 0 Å². The first-order valence-electron chi connectivity index (χ1n) is 9.23. The molecule has 1 aliphatic rings. The summed E-state index contributed by atoms with van der Waals surface area (Å²) in [6.45, 7) is 2.37. The molecule has 148 valence electrons. The molecule has 2 aromatic rings. The Hall–Kier alpha value is -2.67. The number of likely N-dealkylation sites (tertiary alicyclic amines) is 1. The van der Waals surface area contributed by atoms with Crippen molar-refractivity contribution in [3.63, 3.8) is 0 Å². The summed E-state index contributed by atoms with van der Waals surface area (Å²) in [6, 6.07) is 17.2. The maximum absolute atomic E-state index is 13.3. The van der Waals surface area contributed by atoms with E-state index in [0.29, 0.717) is 0 Å². The van der Waals surface area contributed by atoms with Crippen molar-refractivity contribution in [1.29, 1.82) is 0 Å². The number of rotatable bonds is 7. The largest absolute Gasteiger partial charge is 0.466 e. The van der Waals surface area contributed by atoms with E-state index in [9.17, 15) is 18.0 Å². The van der Waals surface area contributed by atoms with E-state index in [1.54, 1.807) is 25.1 Å². The van der Waals surface area contributed by atoms with Crippen LogP contribution in [-0.4, -0.2) is 50.1 Å². The average Bonchev–Trinajstić information content (AvgIpc) is 3.05. The second kappa shape index (κ2) is 8.56. The van der Waals surface area contributed by atoms with Gasteiger partial charge in [0.05, 0.1) is 17.9 Å². The minimum absolute atomic E-state index is 0.0409. The van der Waals surface area contributed by atoms with Gasteiger partial charge in [-0.15, -0.1) is 0 Å². The van der Waals surface area contributed by atoms with Crippen molar-refractivity contribution in [3.05, 3.63) is 66.2 Å². The molecule has 0 saturated carbocycles. The highest BCUT2D eigenvalue weighted by Crippen LogP contribution is 2.36. The Morgan fingerprint density at radius 2 is 1.68 bits per heavy atom. The van der Waals surface area contributed by atoms with Crippen LogP contribution in [-0.2, 0) is 24.2 Å². The molecular weight excluding hydrogens is 378 g/mol. The lowest BCUT2D eigenvalue weighted by molar-refractivity contribution is -0.143. The average molecular weight is 401 g/mol. The van der Waals surface area contributed by atoms with Crippen molar-refractivity contribution < 1.29 is 22.7 Å². The van der Waals surface area contributed by atoms with Crippen LogP contribution in [0.2, 0.25) is 0 Å². The minimum Gasteiger partial charge on any atom is -0.466 e. The summed E-state index contributed by atoms with van der Waals surface area (Å²) in [7, 11) is -3.87. The van der Waals surface area contributed by atoms with Gasteiger partial charge in [-0.3, -0.25) is 9.59 Å². The highest BCUT2D eigenvalue weighted by Gasteiger charge is 2.49. The molecule has 1 heterocycles. The fourth-order valence-electron chi connectivity index (χ4n) is 3.52. The Kier molecular flexibility index (Phi) is 6.14. The lowest BCUT2D eigenvalue weighted by Crippen LogP contribution is -2.36. The summed E-state index contributed by atoms with van der Waals surface area (Å²) in [5.41, 5.74) is 0.791. The van der Waals surface area contributed by atoms with E-state index < -0.39 is 32.9 Å². The molecule has 0 unspecified atom stereocenters. The van der Waals surface area contributed by atoms with Gasteiger partial charge in [0, 0.05) is 19.0 Å². The van der Waals surface area contributed by atoms with E-state index in [4.69, 9.17) is 4.74 Å². The predicted molar refractivity (Wildman–Crippen MR) is 104 cm³/mol. The van der Waals surface area contributed by atoms with Crippen LogP contribution in [0.3, 0.4) is 0 Å². The number of benzene rings is 2. The summed E-state index contributed by atoms with van der Waals surface area (Å²) < 4.78 is 31.5. The van der Waals surface area contributed by atoms with E-state index in [-0.39, 0.29) is 31.0 Å². The Morgan fingerprint density at radius 1 is 1.07 bits per heavy atom. The van der Waals surface area contributed by atoms with Crippen molar-refractivity contribution in [1.82, 2.24) is 4.90 Å². The van der Waals surface area contributed by atoms with Crippen LogP contribution in [0.1, 0.15) is 24.8 Å². The van der Waals surface area contributed by atoms with Crippen LogP contribution in [0.15, 0.2) is 65.6 Å². The van der Waals surface area contributed by atoms with Crippen molar-refractivity contribution in [2.45, 2.75) is 29.4 Å². The van der Waals surface area contributed by atoms with Gasteiger partial charge in [-0.05, 0) is 24.6 Å². The molecule has 0 spiro atoms. The van der Waals surface area contributed by atoms with E-state index >= 15 is 0 Å². The third kappa shape index (κ3) is 4.09. The van der Waals surface area contributed by atoms with Gasteiger partial charge in [-0.25, -0.2) is 8.42 Å². The lowest BCUT2D eigenvalue weighted by atomic mass is 9.98. The smallest absolute Gasteiger partial charge is 0.307 e. The minimum atomic E-state index is -3.87. The number of hydrogen-bond acceptors (Lipinski definition) is 5. The number of carbonyl (C=O) groups is 2. The number of sulfone groups is 1. The summed E-state index contributed by atoms with van der Waals surface area (Å²) >= 11 is 0. The topological polar surface area (TPSA) is 80.8 Å². The maximum atomic E-state index is 13.3. The SMILES string of the molecule is CCOC(=O)CCN1C[C@@H](c2ccccc2)[C@H](S(=O)(=O)c2ccccc2)C1=O. The highest BCUT2D eigenvalue weighted by molar-refractivity contribution is 7.92. The normalized spacial score (nSPS) is 19.6. The third-order valence-electron chi connectivity index (χ3n) is 4.86. The van der Waals surface area contributed by atoms with E-state index in [0.717, 1.165) is 5.56 Å². The molecule has 2 atom stereocenters. The second-order valence-corrected chi connectivity index (χ2v) is 8.70. The Balaban J connectivity index is 1.92. The fraction of sp³-hybridized carbons (Fsp3) is 0.333. The second-order valence-electron chi connectivity index (χ2n) is 6.64. The summed E-state index contributed by atoms with van der Waals surface area (Å²) in [4.78, 5) is 26.3. The summed E-state index contributed by atoms with van der Waals surface area (Å²) in [6.07, 6.45) is 0.0409. The quantitative estimate of drug-likeness (QED) is 0.666. The number of ether oxygens (including phenoxy) is 1. The molecule has 1 fully saturated rings. The molecule has 1 amide bonds. The Labute approximate surface area is 165 Å². The van der Waals surface area contributed by atoms with Gasteiger partial charge in [-0.1, -0.05) is 48.5 Å². The molecule has 6 nitrogen and oxygen atoms in total. The molecular formula is C21H23NO5S. The monoisotopic (exact) mass is 401 g/mol. The number of amides is 1. The maximum Gasteiger partial charge on any atom is 0.307 e. The zero-order valence-corrected chi connectivity index (χ0v) is 16.5. The van der Waals surface area contributed by atoms with Gasteiger partial charge >= 0.3 is 5.97 Å². The van der Waals surface area contributed by atoms with Gasteiger partial charge in [-0.2, -0.15) is 0 Å². The molecule has 0 N–H and O–H groups in total. The number of carbonyl (C=O) groups excluding carboxylic acids is 2. The molecule has 1 saturated heterocycles. The van der Waals surface area contributed by atoms with Gasteiger partial charge in [0.1, 0.15) is 0 Å². The summed E-state index contributed by atoms with van der Waals surface area (Å²) in [5, 5.41) is -1.21. The van der Waals surface area contributed by atoms with Crippen LogP contribution < -0.4 is 0 Å². The van der Waals surface area contributed by atoms with E-state index in [2.05, 4.69) is 0 Å². The molecule has 1 aliphatic heterocycles. The first-order valence-corrected chi connectivity index (χ1v) is 10.8. The summed E-state index contributed by atoms with van der Waals surface area (Å²) in [5.74, 6) is -1.37. The zero-order valence-electron chi connectivity index (χ0n) is 15.7. The molecule has 7 heteroatoms. The van der Waals surface area contributed by atoms with E-state index in [1.165, 1.54) is 17.0 Å².